The Balaban J connectivity index is 2.16. The van der Waals surface area contributed by atoms with Crippen molar-refractivity contribution in [3.05, 3.63) is 30.1 Å². The minimum Gasteiger partial charge on any atom is -0.368 e. The number of nitrogens with zero attached hydrogens (tertiary/aromatic N) is 5. The van der Waals surface area contributed by atoms with Crippen molar-refractivity contribution in [2.24, 2.45) is 0 Å². The quantitative estimate of drug-likeness (QED) is 0.716. The van der Waals surface area contributed by atoms with Crippen LogP contribution in [0.2, 0.25) is 0 Å². The van der Waals surface area contributed by atoms with E-state index in [-0.39, 0.29) is 11.8 Å². The van der Waals surface area contributed by atoms with Crippen LogP contribution in [0, 0.1) is 5.82 Å². The maximum absolute atomic E-state index is 12.9. The molecule has 0 saturated heterocycles. The molecule has 0 bridgehead atoms. The fourth-order valence-corrected chi connectivity index (χ4v) is 1.96. The van der Waals surface area contributed by atoms with Crippen LogP contribution >= 0.6 is 11.8 Å². The summed E-state index contributed by atoms with van der Waals surface area (Å²) in [7, 11) is 0. The predicted molar refractivity (Wildman–Crippen MR) is 70.2 cm³/mol. The standard InChI is InChI=1S/C11H9FN6S/c1-19-11-15-9(13)18-10(16-11)14-8(17-18)6-2-4-7(12)5-3-6/h2-5H,1H3,(H2,13,14,15,16,17). The van der Waals surface area contributed by atoms with Gasteiger partial charge in [-0.3, -0.25) is 0 Å². The molecule has 0 amide bonds. The largest absolute Gasteiger partial charge is 0.368 e. The first-order valence-corrected chi connectivity index (χ1v) is 6.60. The van der Waals surface area contributed by atoms with Gasteiger partial charge in [-0.05, 0) is 30.5 Å². The summed E-state index contributed by atoms with van der Waals surface area (Å²) in [5.41, 5.74) is 6.48. The second kappa shape index (κ2) is 4.47. The zero-order valence-electron chi connectivity index (χ0n) is 9.91. The second-order valence-electron chi connectivity index (χ2n) is 3.72. The molecule has 6 nitrogen and oxygen atoms in total. The number of aromatic nitrogens is 5. The van der Waals surface area contributed by atoms with Gasteiger partial charge in [-0.1, -0.05) is 11.8 Å². The predicted octanol–water partition coefficient (Wildman–Crippen LogP) is 1.63. The summed E-state index contributed by atoms with van der Waals surface area (Å²) in [6.45, 7) is 0. The minimum atomic E-state index is -0.309. The SMILES string of the molecule is CSc1nc(N)n2nc(-c3ccc(F)cc3)nc2n1. The highest BCUT2D eigenvalue weighted by Crippen LogP contribution is 2.18. The molecule has 1 aromatic carbocycles. The summed E-state index contributed by atoms with van der Waals surface area (Å²) in [6, 6.07) is 5.90. The molecule has 0 aliphatic rings. The van der Waals surface area contributed by atoms with E-state index >= 15 is 0 Å². The molecule has 2 heterocycles. The van der Waals surface area contributed by atoms with E-state index < -0.39 is 0 Å². The third-order valence-electron chi connectivity index (χ3n) is 2.50. The first-order chi connectivity index (χ1) is 9.17. The normalized spacial score (nSPS) is 11.1. The smallest absolute Gasteiger partial charge is 0.258 e. The third-order valence-corrected chi connectivity index (χ3v) is 3.05. The van der Waals surface area contributed by atoms with Crippen LogP contribution in [-0.4, -0.2) is 30.8 Å². The molecule has 96 valence electrons. The molecule has 3 aromatic rings. The van der Waals surface area contributed by atoms with Crippen LogP contribution in [0.4, 0.5) is 10.3 Å². The number of hydrogen-bond donors (Lipinski definition) is 1. The van der Waals surface area contributed by atoms with Crippen molar-refractivity contribution in [2.75, 3.05) is 12.0 Å². The van der Waals surface area contributed by atoms with Crippen molar-refractivity contribution in [3.63, 3.8) is 0 Å². The van der Waals surface area contributed by atoms with E-state index in [1.54, 1.807) is 12.1 Å². The second-order valence-corrected chi connectivity index (χ2v) is 4.50. The molecule has 0 spiro atoms. The molecule has 0 radical (unpaired) electrons. The minimum absolute atomic E-state index is 0.218. The molecule has 19 heavy (non-hydrogen) atoms. The maximum atomic E-state index is 12.9. The molecular weight excluding hydrogens is 267 g/mol. The van der Waals surface area contributed by atoms with Gasteiger partial charge in [0.2, 0.25) is 5.95 Å². The number of nitrogen functional groups attached to an aromatic ring is 1. The van der Waals surface area contributed by atoms with Crippen LogP contribution in [0.5, 0.6) is 0 Å². The fraction of sp³-hybridized carbons (Fsp3) is 0.0909. The van der Waals surface area contributed by atoms with Gasteiger partial charge in [-0.15, -0.1) is 5.10 Å². The third kappa shape index (κ3) is 2.10. The number of anilines is 1. The van der Waals surface area contributed by atoms with Crippen molar-refractivity contribution in [3.8, 4) is 11.4 Å². The highest BCUT2D eigenvalue weighted by atomic mass is 32.2. The fourth-order valence-electron chi connectivity index (χ4n) is 1.60. The van der Waals surface area contributed by atoms with E-state index in [9.17, 15) is 4.39 Å². The first-order valence-electron chi connectivity index (χ1n) is 5.37. The van der Waals surface area contributed by atoms with Gasteiger partial charge in [0, 0.05) is 5.56 Å². The highest BCUT2D eigenvalue weighted by Gasteiger charge is 2.11. The number of benzene rings is 1. The van der Waals surface area contributed by atoms with Gasteiger partial charge in [0.25, 0.3) is 5.78 Å². The van der Waals surface area contributed by atoms with E-state index in [0.717, 1.165) is 0 Å². The van der Waals surface area contributed by atoms with Crippen molar-refractivity contribution in [2.45, 2.75) is 5.16 Å². The molecule has 0 saturated carbocycles. The maximum Gasteiger partial charge on any atom is 0.258 e. The molecule has 0 unspecified atom stereocenters. The van der Waals surface area contributed by atoms with E-state index in [4.69, 9.17) is 5.73 Å². The zero-order chi connectivity index (χ0) is 13.4. The molecule has 0 aliphatic heterocycles. The van der Waals surface area contributed by atoms with Crippen LogP contribution in [0.15, 0.2) is 29.4 Å². The average Bonchev–Trinajstić information content (AvgIpc) is 2.84. The van der Waals surface area contributed by atoms with Crippen molar-refractivity contribution in [1.82, 2.24) is 24.6 Å². The summed E-state index contributed by atoms with van der Waals surface area (Å²) >= 11 is 1.37. The van der Waals surface area contributed by atoms with Crippen LogP contribution in [0.1, 0.15) is 0 Å². The van der Waals surface area contributed by atoms with Crippen molar-refractivity contribution < 1.29 is 4.39 Å². The lowest BCUT2D eigenvalue weighted by atomic mass is 10.2. The van der Waals surface area contributed by atoms with E-state index in [1.165, 1.54) is 28.4 Å². The zero-order valence-corrected chi connectivity index (χ0v) is 10.7. The molecule has 3 rings (SSSR count). The van der Waals surface area contributed by atoms with Gasteiger partial charge in [0.1, 0.15) is 5.82 Å². The van der Waals surface area contributed by atoms with E-state index in [2.05, 4.69) is 20.1 Å². The Labute approximate surface area is 111 Å². The molecular formula is C11H9FN6S. The van der Waals surface area contributed by atoms with Crippen LogP contribution in [0.3, 0.4) is 0 Å². The number of thioether (sulfide) groups is 1. The Hall–Kier alpha value is -2.22. The number of rotatable bonds is 2. The van der Waals surface area contributed by atoms with Crippen molar-refractivity contribution >= 4 is 23.5 Å². The molecule has 2 aromatic heterocycles. The van der Waals surface area contributed by atoms with Crippen LogP contribution in [-0.2, 0) is 0 Å². The van der Waals surface area contributed by atoms with Gasteiger partial charge in [0.05, 0.1) is 0 Å². The van der Waals surface area contributed by atoms with Gasteiger partial charge < -0.3 is 5.73 Å². The summed E-state index contributed by atoms with van der Waals surface area (Å²) in [5, 5.41) is 4.74. The van der Waals surface area contributed by atoms with Crippen LogP contribution in [0.25, 0.3) is 17.2 Å². The summed E-state index contributed by atoms with van der Waals surface area (Å²) < 4.78 is 14.2. The Morgan fingerprint density at radius 1 is 1.16 bits per heavy atom. The number of fused-ring (bicyclic) bond motifs is 1. The van der Waals surface area contributed by atoms with Crippen molar-refractivity contribution in [1.29, 1.82) is 0 Å². The Morgan fingerprint density at radius 2 is 1.89 bits per heavy atom. The number of hydrogen-bond acceptors (Lipinski definition) is 6. The first kappa shape index (κ1) is 11.8. The molecule has 0 aliphatic carbocycles. The Kier molecular flexibility index (Phi) is 2.79. The monoisotopic (exact) mass is 276 g/mol. The summed E-state index contributed by atoms with van der Waals surface area (Å²) in [6.07, 6.45) is 1.85. The lowest BCUT2D eigenvalue weighted by molar-refractivity contribution is 0.628. The van der Waals surface area contributed by atoms with E-state index in [1.807, 2.05) is 6.26 Å². The topological polar surface area (TPSA) is 82.0 Å². The highest BCUT2D eigenvalue weighted by molar-refractivity contribution is 7.98. The van der Waals surface area contributed by atoms with Gasteiger partial charge in [0.15, 0.2) is 11.0 Å². The van der Waals surface area contributed by atoms with Gasteiger partial charge in [-0.25, -0.2) is 4.39 Å². The lowest BCUT2D eigenvalue weighted by Gasteiger charge is -1.97. The summed E-state index contributed by atoms with van der Waals surface area (Å²) in [4.78, 5) is 12.5. The lowest BCUT2D eigenvalue weighted by Crippen LogP contribution is -2.04. The average molecular weight is 276 g/mol. The Bertz CT molecular complexity index is 739. The van der Waals surface area contributed by atoms with E-state index in [0.29, 0.717) is 22.3 Å². The molecule has 0 fully saturated rings. The Morgan fingerprint density at radius 3 is 2.58 bits per heavy atom. The number of halogens is 1. The number of nitrogens with two attached hydrogens (primary N) is 1. The van der Waals surface area contributed by atoms with Gasteiger partial charge in [-0.2, -0.15) is 19.5 Å². The molecule has 2 N–H and O–H groups in total. The summed E-state index contributed by atoms with van der Waals surface area (Å²) in [5.74, 6) is 0.710. The molecule has 8 heteroatoms. The van der Waals surface area contributed by atoms with Crippen LogP contribution < -0.4 is 5.73 Å². The molecule has 0 atom stereocenters. The van der Waals surface area contributed by atoms with Gasteiger partial charge >= 0.3 is 0 Å².